The molecule has 1 atom stereocenters. The maximum absolute atomic E-state index is 12.9. The van der Waals surface area contributed by atoms with E-state index >= 15 is 0 Å². The molecule has 1 aliphatic heterocycles. The maximum Gasteiger partial charge on any atom is 0.334 e. The number of ketones is 1. The summed E-state index contributed by atoms with van der Waals surface area (Å²) in [6, 6.07) is 11.8. The van der Waals surface area contributed by atoms with Crippen molar-refractivity contribution >= 4 is 23.6 Å². The van der Waals surface area contributed by atoms with Gasteiger partial charge in [0, 0.05) is 12.0 Å². The van der Waals surface area contributed by atoms with E-state index < -0.39 is 23.8 Å². The maximum atomic E-state index is 12.9. The van der Waals surface area contributed by atoms with Gasteiger partial charge in [-0.3, -0.25) is 19.3 Å². The molecule has 0 radical (unpaired) electrons. The lowest BCUT2D eigenvalue weighted by molar-refractivity contribution is -0.139. The molecule has 150 valence electrons. The standard InChI is InChI=1S/C23H23NO5/c1-4-20(25)15-9-11-16(12-10-15)29-23(28)19(13-14(2)3)24-21(26)17-7-5-6-8-18(17)22(24)27/h5-12,14,19H,4,13H2,1-3H3. The van der Waals surface area contributed by atoms with Crippen molar-refractivity contribution in [3.05, 3.63) is 65.2 Å². The van der Waals surface area contributed by atoms with E-state index in [1.165, 1.54) is 12.1 Å². The Labute approximate surface area is 169 Å². The molecule has 0 saturated carbocycles. The van der Waals surface area contributed by atoms with E-state index in [0.29, 0.717) is 23.1 Å². The van der Waals surface area contributed by atoms with Crippen molar-refractivity contribution in [1.29, 1.82) is 0 Å². The average molecular weight is 393 g/mol. The molecule has 6 nitrogen and oxygen atoms in total. The number of Topliss-reactive ketones (excluding diaryl/α,β-unsaturated/α-hetero) is 1. The van der Waals surface area contributed by atoms with Crippen molar-refractivity contribution in [2.24, 2.45) is 5.92 Å². The fourth-order valence-corrected chi connectivity index (χ4v) is 3.34. The zero-order valence-corrected chi connectivity index (χ0v) is 16.7. The smallest absolute Gasteiger partial charge is 0.334 e. The fraction of sp³-hybridized carbons (Fsp3) is 0.304. The minimum Gasteiger partial charge on any atom is -0.425 e. The summed E-state index contributed by atoms with van der Waals surface area (Å²) in [5.41, 5.74) is 1.12. The van der Waals surface area contributed by atoms with Gasteiger partial charge in [0.05, 0.1) is 11.1 Å². The summed E-state index contributed by atoms with van der Waals surface area (Å²) in [5, 5.41) is 0. The van der Waals surface area contributed by atoms with Gasteiger partial charge in [-0.15, -0.1) is 0 Å². The first-order valence-electron chi connectivity index (χ1n) is 9.65. The van der Waals surface area contributed by atoms with Crippen molar-refractivity contribution in [3.8, 4) is 5.75 Å². The van der Waals surface area contributed by atoms with E-state index in [-0.39, 0.29) is 23.9 Å². The van der Waals surface area contributed by atoms with Crippen LogP contribution in [0.2, 0.25) is 0 Å². The number of hydrogen-bond acceptors (Lipinski definition) is 5. The highest BCUT2D eigenvalue weighted by molar-refractivity contribution is 6.22. The molecule has 0 aromatic heterocycles. The minimum atomic E-state index is -1.03. The Morgan fingerprint density at radius 3 is 1.97 bits per heavy atom. The molecule has 1 aliphatic rings. The summed E-state index contributed by atoms with van der Waals surface area (Å²) < 4.78 is 5.46. The summed E-state index contributed by atoms with van der Waals surface area (Å²) >= 11 is 0. The SMILES string of the molecule is CCC(=O)c1ccc(OC(=O)C(CC(C)C)N2C(=O)c3ccccc3C2=O)cc1. The van der Waals surface area contributed by atoms with E-state index in [0.717, 1.165) is 4.90 Å². The van der Waals surface area contributed by atoms with Crippen LogP contribution in [0.3, 0.4) is 0 Å². The Morgan fingerprint density at radius 2 is 1.48 bits per heavy atom. The van der Waals surface area contributed by atoms with Gasteiger partial charge in [-0.2, -0.15) is 0 Å². The van der Waals surface area contributed by atoms with Crippen LogP contribution in [0, 0.1) is 5.92 Å². The van der Waals surface area contributed by atoms with Crippen LogP contribution in [0.1, 0.15) is 64.7 Å². The molecule has 0 N–H and O–H groups in total. The summed E-state index contributed by atoms with van der Waals surface area (Å²) in [6.07, 6.45) is 0.673. The molecule has 2 aromatic rings. The average Bonchev–Trinajstić information content (AvgIpc) is 2.96. The topological polar surface area (TPSA) is 80.8 Å². The lowest BCUT2D eigenvalue weighted by Crippen LogP contribution is -2.47. The largest absolute Gasteiger partial charge is 0.425 e. The number of ether oxygens (including phenoxy) is 1. The van der Waals surface area contributed by atoms with Gasteiger partial charge in [-0.05, 0) is 48.7 Å². The van der Waals surface area contributed by atoms with E-state index in [2.05, 4.69) is 0 Å². The Bertz CT molecular complexity index is 926. The lowest BCUT2D eigenvalue weighted by Gasteiger charge is -2.25. The molecular formula is C23H23NO5. The van der Waals surface area contributed by atoms with Gasteiger partial charge in [-0.25, -0.2) is 4.79 Å². The normalized spacial score (nSPS) is 14.1. The lowest BCUT2D eigenvalue weighted by atomic mass is 10.0. The molecule has 1 heterocycles. The Hall–Kier alpha value is -3.28. The number of esters is 1. The highest BCUT2D eigenvalue weighted by atomic mass is 16.5. The second kappa shape index (κ2) is 8.39. The predicted molar refractivity (Wildman–Crippen MR) is 107 cm³/mol. The summed E-state index contributed by atoms with van der Waals surface area (Å²) in [6.45, 7) is 5.59. The first-order valence-corrected chi connectivity index (χ1v) is 9.65. The van der Waals surface area contributed by atoms with Crippen LogP contribution in [-0.4, -0.2) is 34.5 Å². The van der Waals surface area contributed by atoms with Gasteiger partial charge in [0.15, 0.2) is 5.78 Å². The summed E-state index contributed by atoms with van der Waals surface area (Å²) in [7, 11) is 0. The fourth-order valence-electron chi connectivity index (χ4n) is 3.34. The van der Waals surface area contributed by atoms with E-state index in [1.54, 1.807) is 43.3 Å². The van der Waals surface area contributed by atoms with Crippen LogP contribution in [-0.2, 0) is 4.79 Å². The molecule has 6 heteroatoms. The molecule has 0 spiro atoms. The van der Waals surface area contributed by atoms with Crippen molar-refractivity contribution in [2.75, 3.05) is 0 Å². The van der Waals surface area contributed by atoms with Crippen LogP contribution >= 0.6 is 0 Å². The number of nitrogens with zero attached hydrogens (tertiary/aromatic N) is 1. The number of carbonyl (C=O) groups excluding carboxylic acids is 4. The van der Waals surface area contributed by atoms with Gasteiger partial charge >= 0.3 is 5.97 Å². The van der Waals surface area contributed by atoms with Crippen molar-refractivity contribution in [1.82, 2.24) is 4.90 Å². The van der Waals surface area contributed by atoms with Crippen molar-refractivity contribution < 1.29 is 23.9 Å². The third kappa shape index (κ3) is 4.11. The minimum absolute atomic E-state index is 0.00779. The Balaban J connectivity index is 1.84. The molecule has 3 rings (SSSR count). The number of imide groups is 1. The predicted octanol–water partition coefficient (Wildman–Crippen LogP) is 3.90. The number of fused-ring (bicyclic) bond motifs is 1. The second-order valence-corrected chi connectivity index (χ2v) is 7.39. The van der Waals surface area contributed by atoms with Gasteiger partial charge in [0.1, 0.15) is 11.8 Å². The van der Waals surface area contributed by atoms with Crippen LogP contribution in [0.25, 0.3) is 0 Å². The van der Waals surface area contributed by atoms with E-state index in [4.69, 9.17) is 4.74 Å². The highest BCUT2D eigenvalue weighted by Gasteiger charge is 2.43. The van der Waals surface area contributed by atoms with E-state index in [1.807, 2.05) is 13.8 Å². The zero-order valence-electron chi connectivity index (χ0n) is 16.7. The molecule has 0 bridgehead atoms. The Morgan fingerprint density at radius 1 is 0.931 bits per heavy atom. The zero-order chi connectivity index (χ0) is 21.1. The molecule has 0 aliphatic carbocycles. The van der Waals surface area contributed by atoms with Gasteiger partial charge in [0.25, 0.3) is 11.8 Å². The third-order valence-electron chi connectivity index (χ3n) is 4.82. The van der Waals surface area contributed by atoms with Crippen LogP contribution < -0.4 is 4.74 Å². The number of hydrogen-bond donors (Lipinski definition) is 0. The molecule has 29 heavy (non-hydrogen) atoms. The molecule has 0 saturated heterocycles. The van der Waals surface area contributed by atoms with E-state index in [9.17, 15) is 19.2 Å². The quantitative estimate of drug-likeness (QED) is 0.308. The molecular weight excluding hydrogens is 370 g/mol. The van der Waals surface area contributed by atoms with Gasteiger partial charge in [-0.1, -0.05) is 32.9 Å². The number of benzene rings is 2. The van der Waals surface area contributed by atoms with Crippen molar-refractivity contribution in [3.63, 3.8) is 0 Å². The number of rotatable bonds is 7. The molecule has 1 unspecified atom stereocenters. The first kappa shape index (κ1) is 20.5. The molecule has 2 amide bonds. The summed E-state index contributed by atoms with van der Waals surface area (Å²) in [4.78, 5) is 51.3. The van der Waals surface area contributed by atoms with Crippen LogP contribution in [0.4, 0.5) is 0 Å². The molecule has 2 aromatic carbocycles. The highest BCUT2D eigenvalue weighted by Crippen LogP contribution is 2.28. The van der Waals surface area contributed by atoms with Gasteiger partial charge in [0.2, 0.25) is 0 Å². The molecule has 0 fully saturated rings. The van der Waals surface area contributed by atoms with Crippen LogP contribution in [0.15, 0.2) is 48.5 Å². The monoisotopic (exact) mass is 393 g/mol. The Kier molecular flexibility index (Phi) is 5.92. The second-order valence-electron chi connectivity index (χ2n) is 7.39. The number of amides is 2. The first-order chi connectivity index (χ1) is 13.8. The number of carbonyl (C=O) groups is 4. The van der Waals surface area contributed by atoms with Crippen molar-refractivity contribution in [2.45, 2.75) is 39.7 Å². The van der Waals surface area contributed by atoms with Gasteiger partial charge < -0.3 is 4.74 Å². The van der Waals surface area contributed by atoms with Crippen LogP contribution in [0.5, 0.6) is 5.75 Å². The third-order valence-corrected chi connectivity index (χ3v) is 4.82. The summed E-state index contributed by atoms with van der Waals surface area (Å²) in [5.74, 6) is -1.35.